The van der Waals surface area contributed by atoms with Crippen molar-refractivity contribution in [1.82, 2.24) is 10.2 Å². The summed E-state index contributed by atoms with van der Waals surface area (Å²) in [6, 6.07) is 18.2. The van der Waals surface area contributed by atoms with Crippen LogP contribution in [0.2, 0.25) is 10.0 Å². The molecule has 0 bridgehead atoms. The molecule has 0 saturated carbocycles. The number of carbonyl (C=O) groups excluding carboxylic acids is 2. The lowest BCUT2D eigenvalue weighted by Crippen LogP contribution is -2.54. The number of carbonyl (C=O) groups is 2. The number of benzene rings is 3. The van der Waals surface area contributed by atoms with Crippen LogP contribution >= 0.6 is 23.2 Å². The second-order valence-electron chi connectivity index (χ2n) is 10.2. The van der Waals surface area contributed by atoms with Crippen molar-refractivity contribution >= 4 is 50.7 Å². The van der Waals surface area contributed by atoms with Crippen molar-refractivity contribution in [3.63, 3.8) is 0 Å². The SMILES string of the molecule is CC[C@@H](C)NC(=O)[C@@H](Cc1ccccc1)N(Cc1ccc(Cl)cc1Cl)C(=O)CN(c1cc(C)ccc1OC)S(C)(=O)=O. The number of nitrogens with one attached hydrogen (secondary N) is 1. The predicted molar refractivity (Wildman–Crippen MR) is 169 cm³/mol. The maximum Gasteiger partial charge on any atom is 0.244 e. The first kappa shape index (κ1) is 33.2. The summed E-state index contributed by atoms with van der Waals surface area (Å²) in [6.07, 6.45) is 1.92. The minimum Gasteiger partial charge on any atom is -0.495 e. The van der Waals surface area contributed by atoms with Gasteiger partial charge in [-0.25, -0.2) is 8.42 Å². The summed E-state index contributed by atoms with van der Waals surface area (Å²) in [7, 11) is -2.52. The molecular weight excluding hydrogens is 597 g/mol. The molecule has 0 spiro atoms. The maximum absolute atomic E-state index is 14.3. The van der Waals surface area contributed by atoms with E-state index in [1.165, 1.54) is 12.0 Å². The highest BCUT2D eigenvalue weighted by molar-refractivity contribution is 7.92. The summed E-state index contributed by atoms with van der Waals surface area (Å²) in [5.74, 6) is -0.651. The van der Waals surface area contributed by atoms with E-state index >= 15 is 0 Å². The van der Waals surface area contributed by atoms with Crippen molar-refractivity contribution in [3.05, 3.63) is 93.5 Å². The van der Waals surface area contributed by atoms with Gasteiger partial charge in [0.05, 0.1) is 19.1 Å². The average molecular weight is 635 g/mol. The van der Waals surface area contributed by atoms with Crippen LogP contribution < -0.4 is 14.4 Å². The fourth-order valence-electron chi connectivity index (χ4n) is 4.42. The van der Waals surface area contributed by atoms with E-state index in [2.05, 4.69) is 5.32 Å². The van der Waals surface area contributed by atoms with Crippen molar-refractivity contribution < 1.29 is 22.7 Å². The Morgan fingerprint density at radius 2 is 1.71 bits per heavy atom. The second-order valence-corrected chi connectivity index (χ2v) is 13.0. The number of sulfonamides is 1. The van der Waals surface area contributed by atoms with Crippen LogP contribution in [0.15, 0.2) is 66.7 Å². The standard InChI is InChI=1S/C31H37Cl2N3O5S/c1-6-22(3)34-31(38)28(17-23-10-8-7-9-11-23)35(19-24-13-14-25(32)18-26(24)33)30(37)20-36(42(5,39)40)27-16-21(2)12-15-29(27)41-4/h7-16,18,22,28H,6,17,19-20H2,1-5H3,(H,34,38)/t22-,28-/m1/s1. The summed E-state index contributed by atoms with van der Waals surface area (Å²) in [5.41, 5.74) is 2.40. The van der Waals surface area contributed by atoms with E-state index in [9.17, 15) is 18.0 Å². The van der Waals surface area contributed by atoms with E-state index in [4.69, 9.17) is 27.9 Å². The molecule has 3 rings (SSSR count). The Hall–Kier alpha value is -3.27. The molecule has 42 heavy (non-hydrogen) atoms. The van der Waals surface area contributed by atoms with Crippen LogP contribution in [0.3, 0.4) is 0 Å². The first-order chi connectivity index (χ1) is 19.8. The zero-order valence-electron chi connectivity index (χ0n) is 24.4. The molecule has 3 aromatic carbocycles. The number of hydrogen-bond donors (Lipinski definition) is 1. The summed E-state index contributed by atoms with van der Waals surface area (Å²) < 4.78 is 32.6. The van der Waals surface area contributed by atoms with E-state index in [1.807, 2.05) is 51.1 Å². The predicted octanol–water partition coefficient (Wildman–Crippen LogP) is 5.63. The second kappa shape index (κ2) is 14.8. The number of methoxy groups -OCH3 is 1. The molecule has 0 aliphatic rings. The molecule has 2 amide bonds. The summed E-state index contributed by atoms with van der Waals surface area (Å²) in [6.45, 7) is 5.03. The van der Waals surface area contributed by atoms with Gasteiger partial charge in [0.1, 0.15) is 18.3 Å². The molecule has 0 aliphatic heterocycles. The Bertz CT molecular complexity index is 1500. The Morgan fingerprint density at radius 1 is 1.02 bits per heavy atom. The van der Waals surface area contributed by atoms with Gasteiger partial charge in [-0.15, -0.1) is 0 Å². The third-order valence-electron chi connectivity index (χ3n) is 6.91. The zero-order valence-corrected chi connectivity index (χ0v) is 26.8. The van der Waals surface area contributed by atoms with Crippen LogP contribution in [0.4, 0.5) is 5.69 Å². The molecule has 0 radical (unpaired) electrons. The van der Waals surface area contributed by atoms with Crippen LogP contribution in [0.25, 0.3) is 0 Å². The van der Waals surface area contributed by atoms with Gasteiger partial charge in [-0.05, 0) is 61.2 Å². The lowest BCUT2D eigenvalue weighted by molar-refractivity contribution is -0.140. The number of ether oxygens (including phenoxy) is 1. The molecule has 8 nitrogen and oxygen atoms in total. The van der Waals surface area contributed by atoms with E-state index in [-0.39, 0.29) is 30.6 Å². The quantitative estimate of drug-likeness (QED) is 0.263. The Balaban J connectivity index is 2.13. The van der Waals surface area contributed by atoms with Gasteiger partial charge in [-0.1, -0.05) is 72.6 Å². The number of anilines is 1. The van der Waals surface area contributed by atoms with Crippen molar-refractivity contribution in [2.45, 2.75) is 52.2 Å². The molecule has 1 N–H and O–H groups in total. The number of amides is 2. The minimum atomic E-state index is -3.95. The molecule has 11 heteroatoms. The van der Waals surface area contributed by atoms with Crippen LogP contribution in [0.1, 0.15) is 37.0 Å². The Morgan fingerprint density at radius 3 is 2.31 bits per heavy atom. The Labute approximate surface area is 258 Å². The molecule has 226 valence electrons. The fourth-order valence-corrected chi connectivity index (χ4v) is 5.73. The number of rotatable bonds is 13. The normalized spacial score (nSPS) is 12.7. The highest BCUT2D eigenvalue weighted by atomic mass is 35.5. The third-order valence-corrected chi connectivity index (χ3v) is 8.62. The number of halogens is 2. The van der Waals surface area contributed by atoms with Gasteiger partial charge in [0.15, 0.2) is 0 Å². The van der Waals surface area contributed by atoms with Crippen LogP contribution in [0.5, 0.6) is 5.75 Å². The highest BCUT2D eigenvalue weighted by Gasteiger charge is 2.34. The first-order valence-corrected chi connectivity index (χ1v) is 16.1. The van der Waals surface area contributed by atoms with Gasteiger partial charge in [0.25, 0.3) is 0 Å². The molecule has 2 atom stereocenters. The molecule has 0 saturated heterocycles. The van der Waals surface area contributed by atoms with Crippen LogP contribution in [-0.4, -0.2) is 57.1 Å². The van der Waals surface area contributed by atoms with E-state index < -0.39 is 28.5 Å². The molecule has 0 fully saturated rings. The third kappa shape index (κ3) is 8.86. The average Bonchev–Trinajstić information content (AvgIpc) is 2.94. The maximum atomic E-state index is 14.3. The zero-order chi connectivity index (χ0) is 31.0. The number of hydrogen-bond acceptors (Lipinski definition) is 5. The lowest BCUT2D eigenvalue weighted by atomic mass is 10.0. The highest BCUT2D eigenvalue weighted by Crippen LogP contribution is 2.32. The summed E-state index contributed by atoms with van der Waals surface area (Å²) in [4.78, 5) is 29.4. The molecule has 0 unspecified atom stereocenters. The van der Waals surface area contributed by atoms with Gasteiger partial charge in [-0.3, -0.25) is 13.9 Å². The smallest absolute Gasteiger partial charge is 0.244 e. The fraction of sp³-hybridized carbons (Fsp3) is 0.355. The van der Waals surface area contributed by atoms with E-state index in [0.717, 1.165) is 21.7 Å². The van der Waals surface area contributed by atoms with Gasteiger partial charge < -0.3 is 15.0 Å². The Kier molecular flexibility index (Phi) is 11.7. The van der Waals surface area contributed by atoms with Crippen LogP contribution in [-0.2, 0) is 32.6 Å². The number of nitrogens with zero attached hydrogens (tertiary/aromatic N) is 2. The monoisotopic (exact) mass is 633 g/mol. The number of aryl methyl sites for hydroxylation is 1. The molecule has 0 heterocycles. The van der Waals surface area contributed by atoms with Gasteiger partial charge >= 0.3 is 0 Å². The molecule has 0 aromatic heterocycles. The van der Waals surface area contributed by atoms with Crippen molar-refractivity contribution in [2.24, 2.45) is 0 Å². The van der Waals surface area contributed by atoms with Crippen molar-refractivity contribution in [3.8, 4) is 5.75 Å². The molecule has 3 aromatic rings. The van der Waals surface area contributed by atoms with Crippen molar-refractivity contribution in [1.29, 1.82) is 0 Å². The van der Waals surface area contributed by atoms with Crippen LogP contribution in [0, 0.1) is 6.92 Å². The largest absolute Gasteiger partial charge is 0.495 e. The van der Waals surface area contributed by atoms with E-state index in [0.29, 0.717) is 27.8 Å². The molecular formula is C31H37Cl2N3O5S. The summed E-state index contributed by atoms with van der Waals surface area (Å²) in [5, 5.41) is 3.74. The first-order valence-electron chi connectivity index (χ1n) is 13.5. The molecule has 0 aliphatic carbocycles. The summed E-state index contributed by atoms with van der Waals surface area (Å²) >= 11 is 12.6. The van der Waals surface area contributed by atoms with Gasteiger partial charge in [-0.2, -0.15) is 0 Å². The van der Waals surface area contributed by atoms with Gasteiger partial charge in [0.2, 0.25) is 21.8 Å². The van der Waals surface area contributed by atoms with Gasteiger partial charge in [0, 0.05) is 29.1 Å². The van der Waals surface area contributed by atoms with E-state index in [1.54, 1.807) is 36.4 Å². The van der Waals surface area contributed by atoms with Crippen molar-refractivity contribution in [2.75, 3.05) is 24.2 Å². The lowest BCUT2D eigenvalue weighted by Gasteiger charge is -2.34. The minimum absolute atomic E-state index is 0.0528. The topological polar surface area (TPSA) is 96.0 Å².